The van der Waals surface area contributed by atoms with Gasteiger partial charge in [-0.05, 0) is 42.0 Å². The number of ether oxygens (including phenoxy) is 3. The minimum Gasteiger partial charge on any atom is -0.495 e. The van der Waals surface area contributed by atoms with E-state index in [4.69, 9.17) is 25.5 Å². The van der Waals surface area contributed by atoms with Gasteiger partial charge in [0.2, 0.25) is 10.0 Å². The van der Waals surface area contributed by atoms with Gasteiger partial charge < -0.3 is 18.6 Å². The number of carbonyl (C=O) groups is 2. The molecule has 0 aliphatic carbocycles. The fraction of sp³-hybridized carbons (Fsp3) is 0.182. The molecule has 0 radical (unpaired) electrons. The highest BCUT2D eigenvalue weighted by Gasteiger charge is 2.23. The van der Waals surface area contributed by atoms with Crippen molar-refractivity contribution in [2.75, 3.05) is 14.2 Å². The van der Waals surface area contributed by atoms with Crippen LogP contribution in [-0.4, -0.2) is 34.6 Å². The molecule has 3 aromatic rings. The summed E-state index contributed by atoms with van der Waals surface area (Å²) in [7, 11) is -1.51. The Morgan fingerprint density at radius 2 is 1.76 bits per heavy atom. The number of hydrogen-bond donors (Lipinski definition) is 1. The summed E-state index contributed by atoms with van der Waals surface area (Å²) in [5.74, 6) is -1.31. The van der Waals surface area contributed by atoms with Gasteiger partial charge in [-0.2, -0.15) is 0 Å². The van der Waals surface area contributed by atoms with Gasteiger partial charge >= 0.3 is 11.9 Å². The molecular formula is C22H20ClNO8S. The van der Waals surface area contributed by atoms with Crippen molar-refractivity contribution in [3.05, 3.63) is 82.3 Å². The van der Waals surface area contributed by atoms with Crippen LogP contribution < -0.4 is 9.46 Å². The van der Waals surface area contributed by atoms with E-state index >= 15 is 0 Å². The van der Waals surface area contributed by atoms with Crippen LogP contribution in [0.25, 0.3) is 0 Å². The van der Waals surface area contributed by atoms with Gasteiger partial charge in [0.05, 0.1) is 26.0 Å². The average Bonchev–Trinajstić information content (AvgIpc) is 3.30. The first kappa shape index (κ1) is 24.3. The highest BCUT2D eigenvalue weighted by molar-refractivity contribution is 7.89. The molecular weight excluding hydrogens is 474 g/mol. The Morgan fingerprint density at radius 3 is 2.42 bits per heavy atom. The number of halogens is 1. The average molecular weight is 494 g/mol. The SMILES string of the molecule is COC(=O)c1ccoc1COC(=O)c1ccc(OC)c(S(=O)(=O)NCc2ccc(Cl)cc2)c1. The fourth-order valence-corrected chi connectivity index (χ4v) is 4.17. The molecule has 1 N–H and O–H groups in total. The number of rotatable bonds is 9. The van der Waals surface area contributed by atoms with Gasteiger partial charge in [0.15, 0.2) is 12.4 Å². The van der Waals surface area contributed by atoms with Crippen molar-refractivity contribution >= 4 is 33.6 Å². The number of methoxy groups -OCH3 is 2. The van der Waals surface area contributed by atoms with Gasteiger partial charge in [-0.1, -0.05) is 23.7 Å². The quantitative estimate of drug-likeness (QED) is 0.449. The third kappa shape index (κ3) is 5.92. The van der Waals surface area contributed by atoms with Crippen LogP contribution in [-0.2, 0) is 32.6 Å². The van der Waals surface area contributed by atoms with Gasteiger partial charge in [-0.25, -0.2) is 22.7 Å². The van der Waals surface area contributed by atoms with E-state index in [0.717, 1.165) is 6.07 Å². The molecule has 33 heavy (non-hydrogen) atoms. The molecule has 2 aromatic carbocycles. The highest BCUT2D eigenvalue weighted by atomic mass is 35.5. The maximum absolute atomic E-state index is 12.9. The summed E-state index contributed by atoms with van der Waals surface area (Å²) < 4.78 is 48.4. The van der Waals surface area contributed by atoms with E-state index in [2.05, 4.69) is 9.46 Å². The number of esters is 2. The van der Waals surface area contributed by atoms with E-state index in [0.29, 0.717) is 10.6 Å². The van der Waals surface area contributed by atoms with Crippen molar-refractivity contribution in [1.82, 2.24) is 4.72 Å². The Morgan fingerprint density at radius 1 is 1.03 bits per heavy atom. The molecule has 174 valence electrons. The zero-order valence-electron chi connectivity index (χ0n) is 17.7. The normalized spacial score (nSPS) is 11.1. The van der Waals surface area contributed by atoms with Gasteiger partial charge in [0, 0.05) is 11.6 Å². The van der Waals surface area contributed by atoms with E-state index in [1.54, 1.807) is 24.3 Å². The smallest absolute Gasteiger partial charge is 0.341 e. The molecule has 0 spiro atoms. The first-order valence-corrected chi connectivity index (χ1v) is 11.3. The molecule has 0 unspecified atom stereocenters. The van der Waals surface area contributed by atoms with Crippen LogP contribution in [0.15, 0.2) is 64.1 Å². The fourth-order valence-electron chi connectivity index (χ4n) is 2.83. The second kappa shape index (κ2) is 10.5. The van der Waals surface area contributed by atoms with Crippen LogP contribution in [0, 0.1) is 0 Å². The van der Waals surface area contributed by atoms with E-state index in [1.165, 1.54) is 38.7 Å². The minimum absolute atomic E-state index is 0.00608. The van der Waals surface area contributed by atoms with Crippen molar-refractivity contribution in [2.45, 2.75) is 18.0 Å². The lowest BCUT2D eigenvalue weighted by Gasteiger charge is -2.12. The molecule has 11 heteroatoms. The van der Waals surface area contributed by atoms with Crippen molar-refractivity contribution < 1.29 is 36.6 Å². The third-order valence-corrected chi connectivity index (χ3v) is 6.23. The standard InChI is InChI=1S/C22H20ClNO8S/c1-29-18-8-5-15(21(25)32-13-19-17(9-10-31-19)22(26)30-2)11-20(18)33(27,28)24-12-14-3-6-16(23)7-4-14/h3-11,24H,12-13H2,1-2H3. The molecule has 0 aliphatic rings. The molecule has 3 rings (SSSR count). The summed E-state index contributed by atoms with van der Waals surface area (Å²) in [5.41, 5.74) is 0.779. The van der Waals surface area contributed by atoms with Gasteiger partial charge in [0.1, 0.15) is 16.2 Å². The zero-order chi connectivity index (χ0) is 24.0. The first-order chi connectivity index (χ1) is 15.7. The summed E-state index contributed by atoms with van der Waals surface area (Å²) in [6.07, 6.45) is 1.26. The van der Waals surface area contributed by atoms with E-state index < -0.39 is 22.0 Å². The number of nitrogens with one attached hydrogen (secondary N) is 1. The molecule has 0 saturated carbocycles. The summed E-state index contributed by atoms with van der Waals surface area (Å²) >= 11 is 5.85. The highest BCUT2D eigenvalue weighted by Crippen LogP contribution is 2.26. The van der Waals surface area contributed by atoms with Crippen molar-refractivity contribution in [3.63, 3.8) is 0 Å². The lowest BCUT2D eigenvalue weighted by atomic mass is 10.2. The minimum atomic E-state index is -4.04. The Balaban J connectivity index is 1.76. The Kier molecular flexibility index (Phi) is 7.75. The number of sulfonamides is 1. The maximum Gasteiger partial charge on any atom is 0.341 e. The third-order valence-electron chi connectivity index (χ3n) is 4.55. The second-order valence-corrected chi connectivity index (χ2v) is 8.81. The van der Waals surface area contributed by atoms with Crippen LogP contribution in [0.1, 0.15) is 32.0 Å². The van der Waals surface area contributed by atoms with E-state index in [1.807, 2.05) is 0 Å². The predicted molar refractivity (Wildman–Crippen MR) is 118 cm³/mol. The lowest BCUT2D eigenvalue weighted by Crippen LogP contribution is -2.24. The van der Waals surface area contributed by atoms with Crippen molar-refractivity contribution in [2.24, 2.45) is 0 Å². The predicted octanol–water partition coefficient (Wildman–Crippen LogP) is 3.56. The lowest BCUT2D eigenvalue weighted by molar-refractivity contribution is 0.0432. The monoisotopic (exact) mass is 493 g/mol. The van der Waals surface area contributed by atoms with Crippen LogP contribution >= 0.6 is 11.6 Å². The molecule has 0 amide bonds. The molecule has 0 aliphatic heterocycles. The van der Waals surface area contributed by atoms with Crippen LogP contribution in [0.2, 0.25) is 5.02 Å². The number of furan rings is 1. The van der Waals surface area contributed by atoms with Crippen LogP contribution in [0.5, 0.6) is 5.75 Å². The topological polar surface area (TPSA) is 121 Å². The first-order valence-electron chi connectivity index (χ1n) is 9.49. The number of carbonyl (C=O) groups excluding carboxylic acids is 2. The Labute approximate surface area is 195 Å². The molecule has 0 fully saturated rings. The zero-order valence-corrected chi connectivity index (χ0v) is 19.2. The molecule has 1 heterocycles. The molecule has 0 atom stereocenters. The van der Waals surface area contributed by atoms with E-state index in [9.17, 15) is 18.0 Å². The van der Waals surface area contributed by atoms with Gasteiger partial charge in [-0.15, -0.1) is 0 Å². The van der Waals surface area contributed by atoms with Gasteiger partial charge in [0.25, 0.3) is 0 Å². The molecule has 1 aromatic heterocycles. The Hall–Kier alpha value is -3.34. The summed E-state index contributed by atoms with van der Waals surface area (Å²) in [4.78, 5) is 24.0. The van der Waals surface area contributed by atoms with Crippen LogP contribution in [0.4, 0.5) is 0 Å². The number of hydrogen-bond acceptors (Lipinski definition) is 8. The van der Waals surface area contributed by atoms with E-state index in [-0.39, 0.29) is 40.7 Å². The number of benzene rings is 2. The van der Waals surface area contributed by atoms with Crippen molar-refractivity contribution in [3.8, 4) is 5.75 Å². The van der Waals surface area contributed by atoms with Crippen molar-refractivity contribution in [1.29, 1.82) is 0 Å². The molecule has 9 nitrogen and oxygen atoms in total. The molecule has 0 saturated heterocycles. The van der Waals surface area contributed by atoms with Gasteiger partial charge in [-0.3, -0.25) is 0 Å². The summed E-state index contributed by atoms with van der Waals surface area (Å²) in [5, 5.41) is 0.530. The summed E-state index contributed by atoms with van der Waals surface area (Å²) in [6, 6.07) is 11.9. The summed E-state index contributed by atoms with van der Waals surface area (Å²) in [6.45, 7) is -0.342. The maximum atomic E-state index is 12.9. The largest absolute Gasteiger partial charge is 0.495 e. The second-order valence-electron chi connectivity index (χ2n) is 6.64. The molecule has 0 bridgehead atoms. The van der Waals surface area contributed by atoms with Crippen LogP contribution in [0.3, 0.4) is 0 Å². The Bertz CT molecular complexity index is 1250.